The molecule has 0 saturated carbocycles. The minimum atomic E-state index is -3.32. The summed E-state index contributed by atoms with van der Waals surface area (Å²) in [5.41, 5.74) is 1.55. The zero-order chi connectivity index (χ0) is 21.9. The number of rotatable bonds is 7. The lowest BCUT2D eigenvalue weighted by Gasteiger charge is -2.13. The molecule has 2 N–H and O–H groups in total. The van der Waals surface area contributed by atoms with E-state index in [1.807, 2.05) is 13.8 Å². The van der Waals surface area contributed by atoms with Crippen LogP contribution < -0.4 is 10.6 Å². The lowest BCUT2D eigenvalue weighted by molar-refractivity contribution is -0.120. The summed E-state index contributed by atoms with van der Waals surface area (Å²) in [6, 6.07) is 11.4. The van der Waals surface area contributed by atoms with Crippen molar-refractivity contribution in [1.82, 2.24) is 4.98 Å². The van der Waals surface area contributed by atoms with Crippen molar-refractivity contribution in [3.8, 4) is 0 Å². The van der Waals surface area contributed by atoms with Gasteiger partial charge in [0.25, 0.3) is 5.91 Å². The van der Waals surface area contributed by atoms with E-state index in [0.29, 0.717) is 26.6 Å². The molecule has 2 amide bonds. The van der Waals surface area contributed by atoms with Gasteiger partial charge in [0.1, 0.15) is 0 Å². The molecule has 7 nitrogen and oxygen atoms in total. The van der Waals surface area contributed by atoms with Crippen molar-refractivity contribution in [1.29, 1.82) is 0 Å². The fraction of sp³-hybridized carbons (Fsp3) is 0.286. The van der Waals surface area contributed by atoms with Gasteiger partial charge in [0, 0.05) is 23.4 Å². The Balaban J connectivity index is 1.77. The zero-order valence-electron chi connectivity index (χ0n) is 16.9. The molecule has 0 atom stereocenters. The second kappa shape index (κ2) is 8.93. The second-order valence-electron chi connectivity index (χ2n) is 6.96. The Morgan fingerprint density at radius 2 is 1.80 bits per heavy atom. The number of aromatic nitrogens is 1. The average Bonchev–Trinajstić information content (AvgIpc) is 3.09. The molecule has 0 fully saturated rings. The molecule has 0 aliphatic rings. The number of hydrogen-bond acceptors (Lipinski definition) is 6. The monoisotopic (exact) mass is 445 g/mol. The third-order valence-electron chi connectivity index (χ3n) is 4.76. The van der Waals surface area contributed by atoms with Crippen molar-refractivity contribution in [2.45, 2.75) is 31.6 Å². The van der Waals surface area contributed by atoms with Crippen LogP contribution in [0.1, 0.15) is 37.0 Å². The molecule has 158 valence electrons. The van der Waals surface area contributed by atoms with Crippen molar-refractivity contribution in [2.75, 3.05) is 16.9 Å². The number of nitrogens with zero attached hydrogens (tertiary/aromatic N) is 1. The van der Waals surface area contributed by atoms with Gasteiger partial charge < -0.3 is 5.32 Å². The van der Waals surface area contributed by atoms with Gasteiger partial charge in [-0.05, 0) is 49.2 Å². The number of benzene rings is 2. The Bertz CT molecular complexity index is 1200. The molecule has 0 bridgehead atoms. The van der Waals surface area contributed by atoms with Gasteiger partial charge in [-0.25, -0.2) is 13.4 Å². The number of hydrogen-bond donors (Lipinski definition) is 2. The molecule has 0 unspecified atom stereocenters. The van der Waals surface area contributed by atoms with Crippen molar-refractivity contribution in [3.05, 3.63) is 48.0 Å². The Hall–Kier alpha value is -2.78. The Labute approximate surface area is 179 Å². The van der Waals surface area contributed by atoms with Crippen LogP contribution in [0, 0.1) is 5.92 Å². The molecule has 1 aromatic heterocycles. The van der Waals surface area contributed by atoms with E-state index in [4.69, 9.17) is 0 Å². The van der Waals surface area contributed by atoms with E-state index in [1.165, 1.54) is 17.4 Å². The van der Waals surface area contributed by atoms with Gasteiger partial charge in [0.05, 0.1) is 15.1 Å². The SMILES string of the molecule is CCC(CC)C(=O)Nc1cccc(C(=O)Nc2nc3ccc(S(C)(=O)=O)cc3s2)c1. The van der Waals surface area contributed by atoms with Crippen LogP contribution in [0.4, 0.5) is 10.8 Å². The molecule has 0 aliphatic carbocycles. The van der Waals surface area contributed by atoms with Crippen LogP contribution in [0.25, 0.3) is 10.2 Å². The predicted octanol–water partition coefficient (Wildman–Crippen LogP) is 4.33. The largest absolute Gasteiger partial charge is 0.326 e. The molecule has 0 aliphatic heterocycles. The number of anilines is 2. The van der Waals surface area contributed by atoms with E-state index in [1.54, 1.807) is 36.4 Å². The fourth-order valence-corrected chi connectivity index (χ4v) is 4.62. The van der Waals surface area contributed by atoms with Crippen molar-refractivity contribution in [3.63, 3.8) is 0 Å². The molecule has 2 aromatic carbocycles. The topological polar surface area (TPSA) is 105 Å². The molecular weight excluding hydrogens is 422 g/mol. The Morgan fingerprint density at radius 1 is 1.07 bits per heavy atom. The minimum absolute atomic E-state index is 0.0644. The third-order valence-corrected chi connectivity index (χ3v) is 6.80. The van der Waals surface area contributed by atoms with Crippen LogP contribution in [0.3, 0.4) is 0 Å². The molecular formula is C21H23N3O4S2. The first-order valence-corrected chi connectivity index (χ1v) is 12.2. The second-order valence-corrected chi connectivity index (χ2v) is 10.0. The number of nitrogens with one attached hydrogen (secondary N) is 2. The first-order valence-electron chi connectivity index (χ1n) is 9.54. The summed E-state index contributed by atoms with van der Waals surface area (Å²) in [6.07, 6.45) is 2.65. The lowest BCUT2D eigenvalue weighted by Crippen LogP contribution is -2.22. The maximum absolute atomic E-state index is 12.6. The molecule has 9 heteroatoms. The first kappa shape index (κ1) is 21.9. The van der Waals surface area contributed by atoms with E-state index in [2.05, 4.69) is 15.6 Å². The summed E-state index contributed by atoms with van der Waals surface area (Å²) in [7, 11) is -3.32. The third kappa shape index (κ3) is 5.03. The van der Waals surface area contributed by atoms with Gasteiger partial charge in [0.2, 0.25) is 5.91 Å². The van der Waals surface area contributed by atoms with E-state index in [-0.39, 0.29) is 22.6 Å². The molecule has 0 radical (unpaired) electrons. The summed E-state index contributed by atoms with van der Waals surface area (Å²) in [4.78, 5) is 29.5. The lowest BCUT2D eigenvalue weighted by atomic mass is 10.0. The minimum Gasteiger partial charge on any atom is -0.326 e. The van der Waals surface area contributed by atoms with Gasteiger partial charge in [0.15, 0.2) is 15.0 Å². The van der Waals surface area contributed by atoms with Crippen LogP contribution in [0.15, 0.2) is 47.4 Å². The number of fused-ring (bicyclic) bond motifs is 1. The highest BCUT2D eigenvalue weighted by Gasteiger charge is 2.16. The predicted molar refractivity (Wildman–Crippen MR) is 120 cm³/mol. The normalized spacial score (nSPS) is 11.6. The van der Waals surface area contributed by atoms with E-state index in [0.717, 1.165) is 19.1 Å². The van der Waals surface area contributed by atoms with Crippen molar-refractivity contribution >= 4 is 54.0 Å². The number of sulfone groups is 1. The molecule has 3 aromatic rings. The summed E-state index contributed by atoms with van der Waals surface area (Å²) >= 11 is 1.20. The van der Waals surface area contributed by atoms with Gasteiger partial charge in [-0.15, -0.1) is 0 Å². The highest BCUT2D eigenvalue weighted by atomic mass is 32.2. The standard InChI is InChI=1S/C21H23N3O4S2/c1-4-13(5-2)19(25)22-15-8-6-7-14(11-15)20(26)24-21-23-17-10-9-16(30(3,27)28)12-18(17)29-21/h6-13H,4-5H2,1-3H3,(H,22,25)(H,23,24,26). The summed E-state index contributed by atoms with van der Waals surface area (Å²) in [5, 5.41) is 5.96. The fourth-order valence-electron chi connectivity index (χ4n) is 3.00. The smallest absolute Gasteiger partial charge is 0.257 e. The van der Waals surface area contributed by atoms with Crippen LogP contribution in [-0.2, 0) is 14.6 Å². The average molecular weight is 446 g/mol. The summed E-state index contributed by atoms with van der Waals surface area (Å²) < 4.78 is 24.1. The van der Waals surface area contributed by atoms with Gasteiger partial charge in [-0.3, -0.25) is 14.9 Å². The number of carbonyl (C=O) groups is 2. The summed E-state index contributed by atoms with van der Waals surface area (Å²) in [6.45, 7) is 3.93. The molecule has 1 heterocycles. The van der Waals surface area contributed by atoms with Gasteiger partial charge in [-0.1, -0.05) is 31.3 Å². The van der Waals surface area contributed by atoms with Crippen LogP contribution in [0.5, 0.6) is 0 Å². The molecule has 0 saturated heterocycles. The maximum Gasteiger partial charge on any atom is 0.257 e. The first-order chi connectivity index (χ1) is 14.2. The van der Waals surface area contributed by atoms with E-state index < -0.39 is 9.84 Å². The highest BCUT2D eigenvalue weighted by Crippen LogP contribution is 2.28. The van der Waals surface area contributed by atoms with Gasteiger partial charge >= 0.3 is 0 Å². The van der Waals surface area contributed by atoms with E-state index in [9.17, 15) is 18.0 Å². The summed E-state index contributed by atoms with van der Waals surface area (Å²) in [5.74, 6) is -0.497. The van der Waals surface area contributed by atoms with Gasteiger partial charge in [-0.2, -0.15) is 0 Å². The number of thiazole rings is 1. The maximum atomic E-state index is 12.6. The Kier molecular flexibility index (Phi) is 6.52. The molecule has 0 spiro atoms. The Morgan fingerprint density at radius 3 is 2.47 bits per heavy atom. The van der Waals surface area contributed by atoms with Crippen molar-refractivity contribution in [2.24, 2.45) is 5.92 Å². The van der Waals surface area contributed by atoms with Crippen LogP contribution >= 0.6 is 11.3 Å². The van der Waals surface area contributed by atoms with E-state index >= 15 is 0 Å². The van der Waals surface area contributed by atoms with Crippen LogP contribution in [-0.4, -0.2) is 31.5 Å². The quantitative estimate of drug-likeness (QED) is 0.563. The number of amides is 2. The van der Waals surface area contributed by atoms with Crippen molar-refractivity contribution < 1.29 is 18.0 Å². The molecule has 30 heavy (non-hydrogen) atoms. The van der Waals surface area contributed by atoms with Crippen LogP contribution in [0.2, 0.25) is 0 Å². The highest BCUT2D eigenvalue weighted by molar-refractivity contribution is 7.90. The number of carbonyl (C=O) groups excluding carboxylic acids is 2. The molecule has 3 rings (SSSR count). The zero-order valence-corrected chi connectivity index (χ0v) is 18.6.